The first kappa shape index (κ1) is 21.9. The number of hydrogen-bond donors (Lipinski definition) is 1. The minimum absolute atomic E-state index is 0.0766. The summed E-state index contributed by atoms with van der Waals surface area (Å²) in [7, 11) is 1.89. The molecule has 3 aromatic rings. The van der Waals surface area contributed by atoms with Gasteiger partial charge in [-0.1, -0.05) is 23.9 Å². The molecule has 7 heteroatoms. The van der Waals surface area contributed by atoms with Gasteiger partial charge in [0.15, 0.2) is 17.1 Å². The molecule has 30 heavy (non-hydrogen) atoms. The Balaban J connectivity index is 1.59. The van der Waals surface area contributed by atoms with Gasteiger partial charge in [0.2, 0.25) is 5.91 Å². The average Bonchev–Trinajstić information content (AvgIpc) is 3.06. The molecule has 0 aliphatic rings. The maximum Gasteiger partial charge on any atom is 0.234 e. The van der Waals surface area contributed by atoms with Crippen molar-refractivity contribution in [2.75, 3.05) is 11.1 Å². The van der Waals surface area contributed by atoms with Gasteiger partial charge >= 0.3 is 0 Å². The van der Waals surface area contributed by atoms with Gasteiger partial charge in [0.25, 0.3) is 0 Å². The molecule has 0 saturated carbocycles. The first-order valence-corrected chi connectivity index (χ1v) is 10.9. The van der Waals surface area contributed by atoms with Gasteiger partial charge in [0.05, 0.1) is 5.75 Å². The molecular formula is C23H28N4O2S. The standard InChI is InChI=1S/C23H28N4O2S/c1-14-7-9-19(11-16(14)3)24-21(28)13-30-23-26-25-22(27(23)6)18(5)29-20-10-8-15(2)17(4)12-20/h7-12,18H,13H2,1-6H3,(H,24,28). The molecule has 158 valence electrons. The molecule has 0 radical (unpaired) electrons. The lowest BCUT2D eigenvalue weighted by molar-refractivity contribution is -0.113. The van der Waals surface area contributed by atoms with Gasteiger partial charge < -0.3 is 14.6 Å². The van der Waals surface area contributed by atoms with Crippen molar-refractivity contribution >= 4 is 23.4 Å². The number of rotatable bonds is 7. The van der Waals surface area contributed by atoms with Crippen LogP contribution in [0.1, 0.15) is 41.1 Å². The predicted octanol–water partition coefficient (Wildman–Crippen LogP) is 4.92. The van der Waals surface area contributed by atoms with Crippen LogP contribution in [-0.2, 0) is 11.8 Å². The van der Waals surface area contributed by atoms with E-state index in [0.29, 0.717) is 11.0 Å². The van der Waals surface area contributed by atoms with Crippen LogP contribution in [0.4, 0.5) is 5.69 Å². The van der Waals surface area contributed by atoms with Gasteiger partial charge in [-0.15, -0.1) is 10.2 Å². The topological polar surface area (TPSA) is 69.0 Å². The Kier molecular flexibility index (Phi) is 6.82. The van der Waals surface area contributed by atoms with E-state index in [9.17, 15) is 4.79 Å². The number of hydrogen-bond acceptors (Lipinski definition) is 5. The second-order valence-corrected chi connectivity index (χ2v) is 8.48. The molecule has 1 heterocycles. The highest BCUT2D eigenvalue weighted by Crippen LogP contribution is 2.25. The van der Waals surface area contributed by atoms with Gasteiger partial charge in [-0.05, 0) is 81.1 Å². The van der Waals surface area contributed by atoms with Crippen LogP contribution in [0.25, 0.3) is 0 Å². The van der Waals surface area contributed by atoms with Crippen LogP contribution in [0.3, 0.4) is 0 Å². The zero-order chi connectivity index (χ0) is 21.8. The van der Waals surface area contributed by atoms with Gasteiger partial charge in [-0.25, -0.2) is 0 Å². The first-order chi connectivity index (χ1) is 14.2. The molecule has 0 spiro atoms. The number of carbonyl (C=O) groups excluding carboxylic acids is 1. The number of aryl methyl sites for hydroxylation is 4. The van der Waals surface area contributed by atoms with E-state index in [1.165, 1.54) is 28.5 Å². The lowest BCUT2D eigenvalue weighted by Gasteiger charge is -2.15. The van der Waals surface area contributed by atoms with E-state index in [-0.39, 0.29) is 17.8 Å². The number of ether oxygens (including phenoxy) is 1. The highest BCUT2D eigenvalue weighted by atomic mass is 32.2. The van der Waals surface area contributed by atoms with Crippen molar-refractivity contribution in [2.24, 2.45) is 7.05 Å². The quantitative estimate of drug-likeness (QED) is 0.545. The third-order valence-corrected chi connectivity index (χ3v) is 6.17. The highest BCUT2D eigenvalue weighted by molar-refractivity contribution is 7.99. The molecule has 1 atom stereocenters. The van der Waals surface area contributed by atoms with Gasteiger partial charge in [0.1, 0.15) is 5.75 Å². The fraction of sp³-hybridized carbons (Fsp3) is 0.348. The predicted molar refractivity (Wildman–Crippen MR) is 121 cm³/mol. The summed E-state index contributed by atoms with van der Waals surface area (Å²) in [6.07, 6.45) is -0.261. The lowest BCUT2D eigenvalue weighted by atomic mass is 10.1. The zero-order valence-electron chi connectivity index (χ0n) is 18.3. The molecule has 0 aliphatic carbocycles. The van der Waals surface area contributed by atoms with Crippen molar-refractivity contribution in [3.8, 4) is 5.75 Å². The van der Waals surface area contributed by atoms with E-state index in [1.54, 1.807) is 0 Å². The van der Waals surface area contributed by atoms with Crippen molar-refractivity contribution < 1.29 is 9.53 Å². The fourth-order valence-electron chi connectivity index (χ4n) is 3.00. The number of aromatic nitrogens is 3. The van der Waals surface area contributed by atoms with Crippen LogP contribution < -0.4 is 10.1 Å². The van der Waals surface area contributed by atoms with Crippen LogP contribution in [0.15, 0.2) is 41.6 Å². The second kappa shape index (κ2) is 9.34. The summed E-state index contributed by atoms with van der Waals surface area (Å²) in [5, 5.41) is 12.1. The largest absolute Gasteiger partial charge is 0.483 e. The number of nitrogens with one attached hydrogen (secondary N) is 1. The Morgan fingerprint density at radius 2 is 1.70 bits per heavy atom. The molecule has 6 nitrogen and oxygen atoms in total. The number of thioether (sulfide) groups is 1. The molecule has 1 amide bonds. The monoisotopic (exact) mass is 424 g/mol. The molecule has 0 saturated heterocycles. The summed E-state index contributed by atoms with van der Waals surface area (Å²) < 4.78 is 7.92. The third kappa shape index (κ3) is 5.21. The van der Waals surface area contributed by atoms with Crippen molar-refractivity contribution in [3.63, 3.8) is 0 Å². The van der Waals surface area contributed by atoms with Crippen LogP contribution >= 0.6 is 11.8 Å². The van der Waals surface area contributed by atoms with Crippen molar-refractivity contribution in [2.45, 2.75) is 45.9 Å². The molecular weight excluding hydrogens is 396 g/mol. The van der Waals surface area contributed by atoms with Crippen molar-refractivity contribution in [1.29, 1.82) is 0 Å². The van der Waals surface area contributed by atoms with Gasteiger partial charge in [-0.2, -0.15) is 0 Å². The minimum atomic E-state index is -0.261. The molecule has 3 rings (SSSR count). The third-order valence-electron chi connectivity index (χ3n) is 5.15. The Morgan fingerprint density at radius 3 is 2.37 bits per heavy atom. The molecule has 0 bridgehead atoms. The van der Waals surface area contributed by atoms with E-state index in [2.05, 4.69) is 29.4 Å². The average molecular weight is 425 g/mol. The van der Waals surface area contributed by atoms with Crippen molar-refractivity contribution in [3.05, 3.63) is 64.5 Å². The number of carbonyl (C=O) groups is 1. The Bertz CT molecular complexity index is 1060. The normalized spacial score (nSPS) is 11.9. The van der Waals surface area contributed by atoms with Gasteiger partial charge in [-0.3, -0.25) is 4.79 Å². The number of anilines is 1. The van der Waals surface area contributed by atoms with Crippen LogP contribution in [-0.4, -0.2) is 26.4 Å². The molecule has 1 aromatic heterocycles. The summed E-state index contributed by atoms with van der Waals surface area (Å²) in [6.45, 7) is 10.2. The highest BCUT2D eigenvalue weighted by Gasteiger charge is 2.18. The molecule has 0 aliphatic heterocycles. The molecule has 0 fully saturated rings. The van der Waals surface area contributed by atoms with Crippen LogP contribution in [0.5, 0.6) is 5.75 Å². The van der Waals surface area contributed by atoms with E-state index in [0.717, 1.165) is 17.0 Å². The maximum absolute atomic E-state index is 12.3. The summed E-state index contributed by atoms with van der Waals surface area (Å²) in [5.41, 5.74) is 5.56. The fourth-order valence-corrected chi connectivity index (χ4v) is 3.71. The number of amides is 1. The maximum atomic E-state index is 12.3. The Morgan fingerprint density at radius 1 is 1.03 bits per heavy atom. The summed E-state index contributed by atoms with van der Waals surface area (Å²) in [5.74, 6) is 1.69. The summed E-state index contributed by atoms with van der Waals surface area (Å²) in [4.78, 5) is 12.3. The van der Waals surface area contributed by atoms with E-state index in [1.807, 2.05) is 68.8 Å². The van der Waals surface area contributed by atoms with Crippen LogP contribution in [0.2, 0.25) is 0 Å². The van der Waals surface area contributed by atoms with E-state index >= 15 is 0 Å². The van der Waals surface area contributed by atoms with Crippen LogP contribution in [0, 0.1) is 27.7 Å². The molecule has 2 aromatic carbocycles. The summed E-state index contributed by atoms with van der Waals surface area (Å²) >= 11 is 1.35. The molecule has 1 unspecified atom stereocenters. The minimum Gasteiger partial charge on any atom is -0.483 e. The lowest BCUT2D eigenvalue weighted by Crippen LogP contribution is -2.15. The smallest absolute Gasteiger partial charge is 0.234 e. The first-order valence-electron chi connectivity index (χ1n) is 9.87. The number of benzene rings is 2. The summed E-state index contributed by atoms with van der Waals surface area (Å²) in [6, 6.07) is 11.9. The Hall–Kier alpha value is -2.80. The zero-order valence-corrected chi connectivity index (χ0v) is 19.1. The number of nitrogens with zero attached hydrogens (tertiary/aromatic N) is 3. The molecule has 1 N–H and O–H groups in total. The van der Waals surface area contributed by atoms with E-state index in [4.69, 9.17) is 4.74 Å². The van der Waals surface area contributed by atoms with E-state index < -0.39 is 0 Å². The van der Waals surface area contributed by atoms with Gasteiger partial charge in [0, 0.05) is 12.7 Å². The second-order valence-electron chi connectivity index (χ2n) is 7.54. The Labute approximate surface area is 182 Å². The SMILES string of the molecule is Cc1ccc(NC(=O)CSc2nnc(C(C)Oc3ccc(C)c(C)c3)n2C)cc1C. The van der Waals surface area contributed by atoms with Crippen molar-refractivity contribution in [1.82, 2.24) is 14.8 Å².